The van der Waals surface area contributed by atoms with Gasteiger partial charge in [-0.15, -0.1) is 0 Å². The molecular weight excluding hydrogens is 537 g/mol. The molecule has 3 N–H and O–H groups in total. The zero-order chi connectivity index (χ0) is 29.6. The van der Waals surface area contributed by atoms with Crippen molar-refractivity contribution in [1.82, 2.24) is 14.5 Å². The predicted molar refractivity (Wildman–Crippen MR) is 161 cm³/mol. The van der Waals surface area contributed by atoms with Crippen LogP contribution in [-0.4, -0.2) is 53.3 Å². The minimum atomic E-state index is -0.587. The van der Waals surface area contributed by atoms with Gasteiger partial charge in [-0.2, -0.15) is 0 Å². The van der Waals surface area contributed by atoms with Gasteiger partial charge in [0.15, 0.2) is 5.69 Å². The highest BCUT2D eigenvalue weighted by molar-refractivity contribution is 6.11. The Bertz CT molecular complexity index is 1730. The highest BCUT2D eigenvalue weighted by atomic mass is 19.1. The molecular formula is C32H34FN5O4. The number of pyridine rings is 1. The van der Waals surface area contributed by atoms with Crippen LogP contribution < -0.4 is 10.6 Å². The Balaban J connectivity index is 1.52. The number of esters is 1. The molecule has 0 aliphatic carbocycles. The summed E-state index contributed by atoms with van der Waals surface area (Å²) in [4.78, 5) is 34.0. The van der Waals surface area contributed by atoms with Crippen molar-refractivity contribution >= 4 is 45.2 Å². The summed E-state index contributed by atoms with van der Waals surface area (Å²) < 4.78 is 26.3. The molecule has 2 aromatic carbocycles. The Hall–Kier alpha value is -4.70. The third-order valence-corrected chi connectivity index (χ3v) is 7.25. The molecule has 3 heterocycles. The van der Waals surface area contributed by atoms with Gasteiger partial charge in [-0.25, -0.2) is 14.2 Å². The summed E-state index contributed by atoms with van der Waals surface area (Å²) in [5, 5.41) is 7.98. The molecule has 5 aromatic rings. The van der Waals surface area contributed by atoms with Crippen molar-refractivity contribution in [3.8, 4) is 0 Å². The van der Waals surface area contributed by atoms with E-state index in [1.54, 1.807) is 22.9 Å². The van der Waals surface area contributed by atoms with Gasteiger partial charge in [-0.1, -0.05) is 36.4 Å². The number of nitrogens with one attached hydrogen (secondary N) is 3. The molecule has 1 amide bonds. The zero-order valence-electron chi connectivity index (χ0n) is 23.9. The van der Waals surface area contributed by atoms with E-state index >= 15 is 0 Å². The first-order valence-corrected chi connectivity index (χ1v) is 13.8. The van der Waals surface area contributed by atoms with Crippen molar-refractivity contribution in [2.45, 2.75) is 38.8 Å². The minimum Gasteiger partial charge on any atom is -0.464 e. The highest BCUT2D eigenvalue weighted by Crippen LogP contribution is 2.34. The van der Waals surface area contributed by atoms with Crippen LogP contribution in [0.15, 0.2) is 67.0 Å². The lowest BCUT2D eigenvalue weighted by molar-refractivity contribution is -0.117. The number of aromatic amines is 1. The summed E-state index contributed by atoms with van der Waals surface area (Å²) in [6.07, 6.45) is 4.83. The first-order valence-electron chi connectivity index (χ1n) is 13.8. The number of nitrogens with zero attached hydrogens (tertiary/aromatic N) is 2. The maximum absolute atomic E-state index is 14.2. The Kier molecular flexibility index (Phi) is 8.83. The molecule has 0 fully saturated rings. The number of fused-ring (bicyclic) bond motifs is 2. The molecule has 0 aliphatic rings. The molecule has 0 radical (unpaired) electrons. The van der Waals surface area contributed by atoms with Crippen molar-refractivity contribution in [3.05, 3.63) is 89.6 Å². The number of ether oxygens (including phenoxy) is 2. The van der Waals surface area contributed by atoms with E-state index in [-0.39, 0.29) is 36.5 Å². The standard InChI is InChI=1S/C32H34FN5O4/c1-20(16-21-8-4-6-10-26(21)33)36-23-17-25-29(37-28(39)13-15-41-2)30(32(40)42-3)38(31(25)35-19-23)14-12-22-18-34-27-11-7-5-9-24(22)27/h4-11,17-20,34,36H,12-16H2,1-3H3,(H,37,39). The number of hydrogen-bond donors (Lipinski definition) is 3. The molecule has 0 saturated heterocycles. The van der Waals surface area contributed by atoms with Crippen LogP contribution >= 0.6 is 0 Å². The number of halogens is 1. The molecule has 0 bridgehead atoms. The summed E-state index contributed by atoms with van der Waals surface area (Å²) in [5.74, 6) is -1.14. The maximum atomic E-state index is 14.2. The Labute approximate surface area is 243 Å². The molecule has 5 rings (SSSR count). The first kappa shape index (κ1) is 28.8. The van der Waals surface area contributed by atoms with Gasteiger partial charge in [-0.3, -0.25) is 4.79 Å². The molecule has 1 atom stereocenters. The fraction of sp³-hybridized carbons (Fsp3) is 0.281. The van der Waals surface area contributed by atoms with Gasteiger partial charge in [0.05, 0.1) is 37.7 Å². The molecule has 10 heteroatoms. The number of anilines is 2. The van der Waals surface area contributed by atoms with Crippen molar-refractivity contribution < 1.29 is 23.5 Å². The number of hydrogen-bond acceptors (Lipinski definition) is 6. The minimum absolute atomic E-state index is 0.115. The number of rotatable bonds is 12. The van der Waals surface area contributed by atoms with E-state index in [0.29, 0.717) is 47.4 Å². The molecule has 3 aromatic heterocycles. The van der Waals surface area contributed by atoms with Crippen LogP contribution in [0.5, 0.6) is 0 Å². The van der Waals surface area contributed by atoms with Crippen LogP contribution in [0, 0.1) is 5.82 Å². The second kappa shape index (κ2) is 12.9. The monoisotopic (exact) mass is 571 g/mol. The van der Waals surface area contributed by atoms with Crippen LogP contribution in [0.3, 0.4) is 0 Å². The lowest BCUT2D eigenvalue weighted by Crippen LogP contribution is -2.19. The van der Waals surface area contributed by atoms with Crippen LogP contribution in [-0.2, 0) is 33.7 Å². The SMILES string of the molecule is COCCC(=O)Nc1c(C(=O)OC)n(CCc2c[nH]c3ccccc23)c2ncc(NC(C)Cc3ccccc3F)cc12. The Morgan fingerprint density at radius 3 is 2.64 bits per heavy atom. The quantitative estimate of drug-likeness (QED) is 0.166. The van der Waals surface area contributed by atoms with Gasteiger partial charge in [0, 0.05) is 42.2 Å². The average Bonchev–Trinajstić information content (AvgIpc) is 3.54. The van der Waals surface area contributed by atoms with E-state index in [1.165, 1.54) is 20.3 Å². The van der Waals surface area contributed by atoms with Gasteiger partial charge in [-0.05, 0) is 49.1 Å². The molecule has 218 valence electrons. The van der Waals surface area contributed by atoms with Gasteiger partial charge in [0.1, 0.15) is 11.5 Å². The summed E-state index contributed by atoms with van der Waals surface area (Å²) in [5.41, 5.74) is 4.47. The van der Waals surface area contributed by atoms with Gasteiger partial charge in [0.25, 0.3) is 0 Å². The van der Waals surface area contributed by atoms with E-state index in [9.17, 15) is 14.0 Å². The van der Waals surface area contributed by atoms with E-state index < -0.39 is 5.97 Å². The molecule has 1 unspecified atom stereocenters. The van der Waals surface area contributed by atoms with E-state index in [4.69, 9.17) is 14.5 Å². The van der Waals surface area contributed by atoms with Gasteiger partial charge < -0.3 is 29.7 Å². The number of para-hydroxylation sites is 1. The lowest BCUT2D eigenvalue weighted by atomic mass is 10.1. The van der Waals surface area contributed by atoms with Gasteiger partial charge in [0.2, 0.25) is 5.91 Å². The normalized spacial score (nSPS) is 12.0. The van der Waals surface area contributed by atoms with Crippen molar-refractivity contribution in [3.63, 3.8) is 0 Å². The highest BCUT2D eigenvalue weighted by Gasteiger charge is 2.26. The smallest absolute Gasteiger partial charge is 0.356 e. The lowest BCUT2D eigenvalue weighted by Gasteiger charge is -2.16. The Morgan fingerprint density at radius 1 is 1.07 bits per heavy atom. The van der Waals surface area contributed by atoms with Crippen LogP contribution in [0.25, 0.3) is 21.9 Å². The average molecular weight is 572 g/mol. The first-order chi connectivity index (χ1) is 20.4. The van der Waals surface area contributed by atoms with E-state index in [0.717, 1.165) is 16.5 Å². The summed E-state index contributed by atoms with van der Waals surface area (Å²) in [6, 6.07) is 16.4. The fourth-order valence-electron chi connectivity index (χ4n) is 5.25. The molecule has 0 spiro atoms. The Morgan fingerprint density at radius 2 is 1.86 bits per heavy atom. The number of benzene rings is 2. The second-order valence-corrected chi connectivity index (χ2v) is 10.2. The summed E-state index contributed by atoms with van der Waals surface area (Å²) in [7, 11) is 2.83. The van der Waals surface area contributed by atoms with Crippen molar-refractivity contribution in [2.75, 3.05) is 31.5 Å². The van der Waals surface area contributed by atoms with E-state index in [1.807, 2.05) is 43.5 Å². The number of aryl methyl sites for hydroxylation is 2. The van der Waals surface area contributed by atoms with Crippen LogP contribution in [0.2, 0.25) is 0 Å². The number of amides is 1. The molecule has 0 saturated carbocycles. The number of carbonyl (C=O) groups excluding carboxylic acids is 2. The summed E-state index contributed by atoms with van der Waals surface area (Å²) in [6.45, 7) is 2.60. The second-order valence-electron chi connectivity index (χ2n) is 10.2. The van der Waals surface area contributed by atoms with Crippen LogP contribution in [0.4, 0.5) is 15.8 Å². The number of H-pyrrole nitrogens is 1. The van der Waals surface area contributed by atoms with Gasteiger partial charge >= 0.3 is 5.97 Å². The fourth-order valence-corrected chi connectivity index (χ4v) is 5.25. The number of carbonyl (C=O) groups is 2. The van der Waals surface area contributed by atoms with Crippen molar-refractivity contribution in [2.24, 2.45) is 0 Å². The topological polar surface area (TPSA) is 110 Å². The van der Waals surface area contributed by atoms with Crippen LogP contribution in [0.1, 0.15) is 35.0 Å². The van der Waals surface area contributed by atoms with Crippen molar-refractivity contribution in [1.29, 1.82) is 0 Å². The largest absolute Gasteiger partial charge is 0.464 e. The number of methoxy groups -OCH3 is 2. The summed E-state index contributed by atoms with van der Waals surface area (Å²) >= 11 is 0. The third-order valence-electron chi connectivity index (χ3n) is 7.25. The third kappa shape index (κ3) is 6.13. The zero-order valence-corrected chi connectivity index (χ0v) is 23.9. The molecule has 0 aliphatic heterocycles. The maximum Gasteiger partial charge on any atom is 0.356 e. The molecule has 42 heavy (non-hydrogen) atoms. The molecule has 9 nitrogen and oxygen atoms in total. The predicted octanol–water partition coefficient (Wildman–Crippen LogP) is 5.70. The number of aromatic nitrogens is 3. The van der Waals surface area contributed by atoms with E-state index in [2.05, 4.69) is 21.7 Å².